The molecule has 1 aromatic carbocycles. The van der Waals surface area contributed by atoms with E-state index >= 15 is 0 Å². The molecule has 1 aromatic heterocycles. The summed E-state index contributed by atoms with van der Waals surface area (Å²) in [5, 5.41) is 11.7. The van der Waals surface area contributed by atoms with Gasteiger partial charge in [0.1, 0.15) is 11.0 Å². The Kier molecular flexibility index (Phi) is 8.16. The number of ether oxygens (including phenoxy) is 1. The molecule has 1 unspecified atom stereocenters. The van der Waals surface area contributed by atoms with Gasteiger partial charge in [-0.25, -0.2) is 0 Å². The molecule has 4 nitrogen and oxygen atoms in total. The van der Waals surface area contributed by atoms with Crippen LogP contribution in [0.5, 0.6) is 0 Å². The highest BCUT2D eigenvalue weighted by atomic mass is 127. The number of halogens is 6. The summed E-state index contributed by atoms with van der Waals surface area (Å²) in [5.41, 5.74) is 3.07. The topological polar surface area (TPSA) is 51.6 Å². The lowest BCUT2D eigenvalue weighted by Crippen LogP contribution is -2.44. The van der Waals surface area contributed by atoms with E-state index in [0.717, 1.165) is 39.8 Å². The summed E-state index contributed by atoms with van der Waals surface area (Å²) >= 11 is 2.22. The molecule has 2 heterocycles. The van der Waals surface area contributed by atoms with Crippen LogP contribution in [0, 0.1) is 8.99 Å². The number of rotatable bonds is 6. The normalized spacial score (nSPS) is 22.9. The van der Waals surface area contributed by atoms with Crippen LogP contribution < -0.4 is 0 Å². The summed E-state index contributed by atoms with van der Waals surface area (Å²) in [4.78, 5) is 3.20. The Hall–Kier alpha value is -0.803. The maximum absolute atomic E-state index is 13.4. The van der Waals surface area contributed by atoms with Gasteiger partial charge in [0, 0.05) is 39.5 Å². The first-order valence-corrected chi connectivity index (χ1v) is 19.8. The highest BCUT2D eigenvalue weighted by Gasteiger charge is 2.65. The quantitative estimate of drug-likeness (QED) is 0.183. The third-order valence-corrected chi connectivity index (χ3v) is 15.6. The first-order chi connectivity index (χ1) is 18.4. The molecule has 232 valence electrons. The van der Waals surface area contributed by atoms with Crippen LogP contribution in [-0.2, 0) is 15.6 Å². The lowest BCUT2D eigenvalue weighted by molar-refractivity contribution is 0.0827. The smallest absolute Gasteiger partial charge is 0.310 e. The molecular formula is C29H41F5INO3SSi. The number of aliphatic hydroxyl groups excluding tert-OH is 1. The molecule has 2 aromatic rings. The van der Waals surface area contributed by atoms with Crippen LogP contribution in [-0.4, -0.2) is 31.6 Å². The van der Waals surface area contributed by atoms with E-state index in [0.29, 0.717) is 49.4 Å². The Morgan fingerprint density at radius 1 is 1.07 bits per heavy atom. The molecule has 1 aliphatic carbocycles. The van der Waals surface area contributed by atoms with E-state index in [-0.39, 0.29) is 28.0 Å². The third kappa shape index (κ3) is 7.13. The fourth-order valence-electron chi connectivity index (χ4n) is 5.49. The zero-order chi connectivity index (χ0) is 30.9. The van der Waals surface area contributed by atoms with Gasteiger partial charge in [0.25, 0.3) is 0 Å². The van der Waals surface area contributed by atoms with Gasteiger partial charge in [-0.3, -0.25) is 4.98 Å². The molecule has 2 aliphatic rings. The van der Waals surface area contributed by atoms with Gasteiger partial charge >= 0.3 is 10.2 Å². The predicted octanol–water partition coefficient (Wildman–Crippen LogP) is 10.4. The number of aliphatic hydroxyl groups is 1. The molecule has 0 bridgehead atoms. The second-order valence-corrected chi connectivity index (χ2v) is 22.1. The first-order valence-electron chi connectivity index (χ1n) is 13.9. The first kappa shape index (κ1) is 33.1. The Balaban J connectivity index is 1.89. The van der Waals surface area contributed by atoms with Gasteiger partial charge in [0.2, 0.25) is 0 Å². The third-order valence-electron chi connectivity index (χ3n) is 8.79. The average Bonchev–Trinajstić information content (AvgIpc) is 2.80. The van der Waals surface area contributed by atoms with Crippen LogP contribution in [0.1, 0.15) is 100 Å². The second-order valence-electron chi connectivity index (χ2n) is 13.8. The molecular weight excluding hydrogens is 692 g/mol. The van der Waals surface area contributed by atoms with Crippen molar-refractivity contribution in [3.05, 3.63) is 55.9 Å². The van der Waals surface area contributed by atoms with Crippen LogP contribution in [0.3, 0.4) is 0 Å². The molecule has 2 atom stereocenters. The second kappa shape index (κ2) is 10.1. The van der Waals surface area contributed by atoms with Gasteiger partial charge < -0.3 is 14.3 Å². The molecule has 0 saturated carbocycles. The van der Waals surface area contributed by atoms with E-state index in [1.165, 1.54) is 0 Å². The highest BCUT2D eigenvalue weighted by molar-refractivity contribution is 14.1. The standard InChI is InChI=1S/C29H41F5INO3SSi/c1-28(2,3)41(6,7)39-22-17-29(4,5)16-21-23(22)25(35)24(26(36-21)18-12-14-38-15-13-18)27(37)19-8-10-20(11-9-19)40(30,31,32,33)34/h8-11,18,22,27,37H,12-17H2,1-7H3/t22?,27-/m1/s1. The zero-order valence-electron chi connectivity index (χ0n) is 24.7. The van der Waals surface area contributed by atoms with Crippen molar-refractivity contribution < 1.29 is 33.7 Å². The van der Waals surface area contributed by atoms with Gasteiger partial charge in [-0.2, -0.15) is 0 Å². The molecule has 1 N–H and O–H groups in total. The predicted molar refractivity (Wildman–Crippen MR) is 165 cm³/mol. The Bertz CT molecular complexity index is 1310. The van der Waals surface area contributed by atoms with Crippen molar-refractivity contribution >= 4 is 41.1 Å². The summed E-state index contributed by atoms with van der Waals surface area (Å²) in [6.07, 6.45) is 1.25. The van der Waals surface area contributed by atoms with Gasteiger partial charge in [-0.1, -0.05) is 66.2 Å². The summed E-state index contributed by atoms with van der Waals surface area (Å²) in [6, 6.07) is 2.60. The van der Waals surface area contributed by atoms with Crippen LogP contribution in [0.4, 0.5) is 19.4 Å². The van der Waals surface area contributed by atoms with Gasteiger partial charge in [0.15, 0.2) is 8.32 Å². The van der Waals surface area contributed by atoms with E-state index < -0.39 is 29.5 Å². The van der Waals surface area contributed by atoms with E-state index in [9.17, 15) is 24.5 Å². The summed E-state index contributed by atoms with van der Waals surface area (Å²) in [7, 11) is -12.1. The number of hydrogen-bond acceptors (Lipinski definition) is 4. The van der Waals surface area contributed by atoms with Crippen molar-refractivity contribution in [1.82, 2.24) is 4.98 Å². The van der Waals surface area contributed by atoms with Crippen molar-refractivity contribution in [2.75, 3.05) is 13.2 Å². The van der Waals surface area contributed by atoms with Crippen LogP contribution >= 0.6 is 32.8 Å². The largest absolute Gasteiger partial charge is 0.410 e. The lowest BCUT2D eigenvalue weighted by atomic mass is 9.74. The summed E-state index contributed by atoms with van der Waals surface area (Å²) < 4.78 is 80.3. The number of benzene rings is 1. The molecule has 1 aliphatic heterocycles. The Morgan fingerprint density at radius 2 is 1.63 bits per heavy atom. The fraction of sp³-hybridized carbons (Fsp3) is 0.621. The van der Waals surface area contributed by atoms with Crippen molar-refractivity contribution in [3.8, 4) is 0 Å². The molecule has 41 heavy (non-hydrogen) atoms. The molecule has 12 heteroatoms. The minimum absolute atomic E-state index is 0.0130. The Labute approximate surface area is 254 Å². The van der Waals surface area contributed by atoms with Gasteiger partial charge in [-0.15, -0.1) is 0 Å². The lowest BCUT2D eigenvalue weighted by Gasteiger charge is -2.45. The van der Waals surface area contributed by atoms with E-state index in [1.807, 2.05) is 0 Å². The number of hydrogen-bond donors (Lipinski definition) is 1. The molecule has 1 saturated heterocycles. The van der Waals surface area contributed by atoms with E-state index in [1.54, 1.807) is 0 Å². The van der Waals surface area contributed by atoms with Crippen molar-refractivity contribution in [2.24, 2.45) is 5.41 Å². The average molecular weight is 734 g/mol. The minimum Gasteiger partial charge on any atom is -0.410 e. The SMILES string of the molecule is CC1(C)Cc2nc(C3CCOCC3)c([C@H](O)c3ccc(S(F)(F)(F)(F)F)cc3)c(I)c2C(O[Si](C)(C)C(C)(C)C)C1. The zero-order valence-corrected chi connectivity index (χ0v) is 28.6. The summed E-state index contributed by atoms with van der Waals surface area (Å²) in [5.74, 6) is -0.0130. The molecule has 0 spiro atoms. The molecule has 0 radical (unpaired) electrons. The van der Waals surface area contributed by atoms with Crippen LogP contribution in [0.25, 0.3) is 0 Å². The molecule has 0 amide bonds. The monoisotopic (exact) mass is 733 g/mol. The maximum Gasteiger partial charge on any atom is 0.310 e. The molecule has 1 fully saturated rings. The number of nitrogens with zero attached hydrogens (tertiary/aromatic N) is 1. The van der Waals surface area contributed by atoms with Crippen molar-refractivity contribution in [3.63, 3.8) is 0 Å². The number of pyridine rings is 1. The number of aromatic nitrogens is 1. The maximum atomic E-state index is 13.4. The summed E-state index contributed by atoms with van der Waals surface area (Å²) in [6.45, 7) is 16.4. The Morgan fingerprint density at radius 3 is 2.15 bits per heavy atom. The van der Waals surface area contributed by atoms with Gasteiger partial charge in [-0.05, 0) is 89.5 Å². The molecule has 4 rings (SSSR count). The van der Waals surface area contributed by atoms with E-state index in [4.69, 9.17) is 14.1 Å². The number of fused-ring (bicyclic) bond motifs is 1. The van der Waals surface area contributed by atoms with Crippen LogP contribution in [0.15, 0.2) is 29.2 Å². The van der Waals surface area contributed by atoms with Gasteiger partial charge in [0.05, 0.1) is 11.8 Å². The van der Waals surface area contributed by atoms with Crippen molar-refractivity contribution in [2.45, 2.75) is 101 Å². The van der Waals surface area contributed by atoms with Crippen molar-refractivity contribution in [1.29, 1.82) is 0 Å². The minimum atomic E-state index is -9.84. The van der Waals surface area contributed by atoms with Crippen LogP contribution in [0.2, 0.25) is 18.1 Å². The highest BCUT2D eigenvalue weighted by Crippen LogP contribution is 3.02. The van der Waals surface area contributed by atoms with E-state index in [2.05, 4.69) is 70.3 Å². The fourth-order valence-corrected chi connectivity index (χ4v) is 8.64.